The molecule has 1 aliphatic heterocycles. The third-order valence-corrected chi connectivity index (χ3v) is 1.99. The number of hydrogen-bond donors (Lipinski definition) is 3. The minimum absolute atomic E-state index is 0.367. The molecule has 1 rings (SSSR count). The maximum atomic E-state index is 11.3. The highest BCUT2D eigenvalue weighted by atomic mass is 16.6. The fourth-order valence-corrected chi connectivity index (χ4v) is 1.32. The van der Waals surface area contributed by atoms with E-state index in [0.29, 0.717) is 6.54 Å². The van der Waals surface area contributed by atoms with Crippen LogP contribution in [0.1, 0.15) is 27.2 Å². The summed E-state index contributed by atoms with van der Waals surface area (Å²) in [5.74, 6) is 0.849. The number of nitrogens with one attached hydrogen (secondary N) is 3. The number of rotatable bonds is 4. The molecule has 0 aromatic rings. The van der Waals surface area contributed by atoms with Crippen molar-refractivity contribution in [1.82, 2.24) is 16.0 Å². The Morgan fingerprint density at radius 1 is 1.47 bits per heavy atom. The Morgan fingerprint density at radius 3 is 2.82 bits per heavy atom. The maximum absolute atomic E-state index is 11.3. The third-order valence-electron chi connectivity index (χ3n) is 1.99. The van der Waals surface area contributed by atoms with Crippen LogP contribution in [-0.4, -0.2) is 43.8 Å². The smallest absolute Gasteiger partial charge is 0.407 e. The molecule has 0 atom stereocenters. The van der Waals surface area contributed by atoms with Gasteiger partial charge in [-0.3, -0.25) is 4.99 Å². The minimum atomic E-state index is -0.440. The van der Waals surface area contributed by atoms with Crippen molar-refractivity contribution in [2.24, 2.45) is 4.99 Å². The highest BCUT2D eigenvalue weighted by Crippen LogP contribution is 2.06. The number of guanidine groups is 1. The molecule has 1 heterocycles. The maximum Gasteiger partial charge on any atom is 0.407 e. The lowest BCUT2D eigenvalue weighted by Gasteiger charge is -2.19. The van der Waals surface area contributed by atoms with E-state index in [1.54, 1.807) is 0 Å². The van der Waals surface area contributed by atoms with Gasteiger partial charge < -0.3 is 20.7 Å². The van der Waals surface area contributed by atoms with Crippen LogP contribution in [0.25, 0.3) is 0 Å². The van der Waals surface area contributed by atoms with Crippen LogP contribution in [0.15, 0.2) is 4.99 Å². The Labute approximate surface area is 102 Å². The SMILES string of the molecule is CC(C)(C)OC(=O)NCCCNC1=NCCN1. The number of carbonyl (C=O) groups is 1. The molecule has 0 aliphatic carbocycles. The van der Waals surface area contributed by atoms with Gasteiger partial charge in [0.25, 0.3) is 0 Å². The normalized spacial score (nSPS) is 14.9. The van der Waals surface area contributed by atoms with Crippen molar-refractivity contribution < 1.29 is 9.53 Å². The van der Waals surface area contributed by atoms with E-state index < -0.39 is 5.60 Å². The summed E-state index contributed by atoms with van der Waals surface area (Å²) in [4.78, 5) is 15.5. The van der Waals surface area contributed by atoms with Crippen molar-refractivity contribution >= 4 is 12.1 Å². The summed E-state index contributed by atoms with van der Waals surface area (Å²) < 4.78 is 5.11. The first-order valence-corrected chi connectivity index (χ1v) is 5.96. The molecule has 6 heteroatoms. The van der Waals surface area contributed by atoms with Gasteiger partial charge in [0.2, 0.25) is 0 Å². The summed E-state index contributed by atoms with van der Waals surface area (Å²) in [7, 11) is 0. The molecule has 0 saturated heterocycles. The van der Waals surface area contributed by atoms with Crippen molar-refractivity contribution in [3.8, 4) is 0 Å². The topological polar surface area (TPSA) is 74.8 Å². The first-order chi connectivity index (χ1) is 7.97. The number of amides is 1. The van der Waals surface area contributed by atoms with E-state index in [2.05, 4.69) is 20.9 Å². The van der Waals surface area contributed by atoms with E-state index in [1.807, 2.05) is 20.8 Å². The predicted octanol–water partition coefficient (Wildman–Crippen LogP) is 0.450. The van der Waals surface area contributed by atoms with Gasteiger partial charge in [0, 0.05) is 19.6 Å². The van der Waals surface area contributed by atoms with Crippen molar-refractivity contribution in [2.45, 2.75) is 32.8 Å². The van der Waals surface area contributed by atoms with Crippen molar-refractivity contribution in [3.05, 3.63) is 0 Å². The molecule has 0 fully saturated rings. The molecule has 0 aromatic heterocycles. The van der Waals surface area contributed by atoms with Gasteiger partial charge in [-0.1, -0.05) is 0 Å². The molecule has 0 unspecified atom stereocenters. The van der Waals surface area contributed by atoms with Gasteiger partial charge in [0.15, 0.2) is 5.96 Å². The van der Waals surface area contributed by atoms with Gasteiger partial charge in [-0.2, -0.15) is 0 Å². The monoisotopic (exact) mass is 242 g/mol. The molecule has 1 amide bonds. The Balaban J connectivity index is 1.98. The average molecular weight is 242 g/mol. The van der Waals surface area contributed by atoms with E-state index >= 15 is 0 Å². The highest BCUT2D eigenvalue weighted by Gasteiger charge is 2.15. The highest BCUT2D eigenvalue weighted by molar-refractivity contribution is 5.81. The molecule has 0 bridgehead atoms. The summed E-state index contributed by atoms with van der Waals surface area (Å²) in [5.41, 5.74) is -0.440. The molecule has 6 nitrogen and oxygen atoms in total. The van der Waals surface area contributed by atoms with Crippen LogP contribution >= 0.6 is 0 Å². The summed E-state index contributed by atoms with van der Waals surface area (Å²) in [6, 6.07) is 0. The molecule has 0 radical (unpaired) electrons. The molecule has 98 valence electrons. The number of ether oxygens (including phenoxy) is 1. The van der Waals surface area contributed by atoms with Crippen molar-refractivity contribution in [2.75, 3.05) is 26.2 Å². The molecule has 0 aromatic carbocycles. The summed E-state index contributed by atoms with van der Waals surface area (Å²) >= 11 is 0. The van der Waals surface area contributed by atoms with Crippen LogP contribution in [0.3, 0.4) is 0 Å². The van der Waals surface area contributed by atoms with E-state index in [4.69, 9.17) is 4.74 Å². The van der Waals surface area contributed by atoms with Crippen LogP contribution in [0.2, 0.25) is 0 Å². The lowest BCUT2D eigenvalue weighted by molar-refractivity contribution is 0.0527. The molecule has 0 spiro atoms. The Morgan fingerprint density at radius 2 is 2.24 bits per heavy atom. The van der Waals surface area contributed by atoms with Crippen LogP contribution in [0, 0.1) is 0 Å². The van der Waals surface area contributed by atoms with Crippen molar-refractivity contribution in [3.63, 3.8) is 0 Å². The van der Waals surface area contributed by atoms with Crippen LogP contribution in [0.4, 0.5) is 4.79 Å². The largest absolute Gasteiger partial charge is 0.444 e. The second-order valence-electron chi connectivity index (χ2n) is 4.87. The summed E-state index contributed by atoms with van der Waals surface area (Å²) in [6.45, 7) is 8.64. The molecular weight excluding hydrogens is 220 g/mol. The summed E-state index contributed by atoms with van der Waals surface area (Å²) in [6.07, 6.45) is 0.466. The second-order valence-corrected chi connectivity index (χ2v) is 4.87. The predicted molar refractivity (Wildman–Crippen MR) is 67.2 cm³/mol. The zero-order valence-electron chi connectivity index (χ0n) is 10.8. The standard InChI is InChI=1S/C11H22N4O2/c1-11(2,3)17-10(16)15-6-4-5-12-9-13-7-8-14-9/h4-8H2,1-3H3,(H,15,16)(H2,12,13,14). The van der Waals surface area contributed by atoms with Crippen LogP contribution in [-0.2, 0) is 4.74 Å². The van der Waals surface area contributed by atoms with Gasteiger partial charge in [0.1, 0.15) is 5.60 Å². The number of hydrogen-bond acceptors (Lipinski definition) is 5. The third kappa shape index (κ3) is 6.65. The number of nitrogens with zero attached hydrogens (tertiary/aromatic N) is 1. The molecule has 0 saturated carbocycles. The first kappa shape index (κ1) is 13.6. The van der Waals surface area contributed by atoms with E-state index in [9.17, 15) is 4.79 Å². The lowest BCUT2D eigenvalue weighted by Crippen LogP contribution is -2.37. The Bertz CT molecular complexity index is 284. The van der Waals surface area contributed by atoms with E-state index in [1.165, 1.54) is 0 Å². The van der Waals surface area contributed by atoms with E-state index in [0.717, 1.165) is 32.0 Å². The number of carbonyl (C=O) groups excluding carboxylic acids is 1. The van der Waals surface area contributed by atoms with Gasteiger partial charge >= 0.3 is 6.09 Å². The fourth-order valence-electron chi connectivity index (χ4n) is 1.32. The molecule has 1 aliphatic rings. The minimum Gasteiger partial charge on any atom is -0.444 e. The Kier molecular flexibility index (Phi) is 5.06. The quantitative estimate of drug-likeness (QED) is 0.626. The van der Waals surface area contributed by atoms with Gasteiger partial charge in [-0.15, -0.1) is 0 Å². The zero-order chi connectivity index (χ0) is 12.7. The average Bonchev–Trinajstić information content (AvgIpc) is 2.67. The Hall–Kier alpha value is -1.46. The van der Waals surface area contributed by atoms with Crippen molar-refractivity contribution in [1.29, 1.82) is 0 Å². The molecule has 17 heavy (non-hydrogen) atoms. The zero-order valence-corrected chi connectivity index (χ0v) is 10.8. The number of aliphatic imine (C=N–C) groups is 1. The van der Waals surface area contributed by atoms with Gasteiger partial charge in [0.05, 0.1) is 6.54 Å². The van der Waals surface area contributed by atoms with Gasteiger partial charge in [-0.25, -0.2) is 4.79 Å². The second kappa shape index (κ2) is 6.32. The molecular formula is C11H22N4O2. The first-order valence-electron chi connectivity index (χ1n) is 5.96. The van der Waals surface area contributed by atoms with Gasteiger partial charge in [-0.05, 0) is 27.2 Å². The molecule has 3 N–H and O–H groups in total. The van der Waals surface area contributed by atoms with E-state index in [-0.39, 0.29) is 6.09 Å². The number of alkyl carbamates (subject to hydrolysis) is 1. The lowest BCUT2D eigenvalue weighted by atomic mass is 10.2. The summed E-state index contributed by atoms with van der Waals surface area (Å²) in [5, 5.41) is 8.97. The fraction of sp³-hybridized carbons (Fsp3) is 0.818. The van der Waals surface area contributed by atoms with Crippen LogP contribution < -0.4 is 16.0 Å². The van der Waals surface area contributed by atoms with Crippen LogP contribution in [0.5, 0.6) is 0 Å².